The van der Waals surface area contributed by atoms with Gasteiger partial charge in [0.15, 0.2) is 5.78 Å². The molecule has 0 N–H and O–H groups in total. The Morgan fingerprint density at radius 3 is 2.00 bits per heavy atom. The highest BCUT2D eigenvalue weighted by Gasteiger charge is 2.15. The van der Waals surface area contributed by atoms with Gasteiger partial charge in [-0.1, -0.05) is 73.1 Å². The predicted octanol–water partition coefficient (Wildman–Crippen LogP) is 5.29. The van der Waals surface area contributed by atoms with Crippen molar-refractivity contribution >= 4 is 21.7 Å². The molecule has 20 heavy (non-hydrogen) atoms. The third kappa shape index (κ3) is 3.18. The minimum absolute atomic E-state index is 0.0613. The molecule has 0 spiro atoms. The van der Waals surface area contributed by atoms with Crippen LogP contribution in [0.5, 0.6) is 0 Å². The summed E-state index contributed by atoms with van der Waals surface area (Å²) >= 11 is 3.47. The van der Waals surface area contributed by atoms with Gasteiger partial charge in [0.05, 0.1) is 0 Å². The molecule has 0 aromatic heterocycles. The minimum Gasteiger partial charge on any atom is -0.289 e. The summed E-state index contributed by atoms with van der Waals surface area (Å²) in [5.74, 6) is 0.0613. The van der Waals surface area contributed by atoms with Crippen LogP contribution in [0.1, 0.15) is 47.8 Å². The average molecular weight is 331 g/mol. The van der Waals surface area contributed by atoms with Crippen molar-refractivity contribution in [2.75, 3.05) is 0 Å². The van der Waals surface area contributed by atoms with Crippen molar-refractivity contribution in [2.24, 2.45) is 0 Å². The highest BCUT2D eigenvalue weighted by Crippen LogP contribution is 2.24. The Bertz CT molecular complexity index is 633. The number of ketones is 1. The van der Waals surface area contributed by atoms with E-state index in [1.165, 1.54) is 5.56 Å². The molecule has 2 aromatic rings. The van der Waals surface area contributed by atoms with Gasteiger partial charge in [-0.3, -0.25) is 4.79 Å². The first kappa shape index (κ1) is 15.0. The maximum Gasteiger partial charge on any atom is 0.193 e. The molecule has 1 nitrogen and oxygen atoms in total. The van der Waals surface area contributed by atoms with Gasteiger partial charge >= 0.3 is 0 Å². The van der Waals surface area contributed by atoms with Crippen molar-refractivity contribution in [3.8, 4) is 0 Å². The van der Waals surface area contributed by atoms with Crippen LogP contribution in [-0.4, -0.2) is 5.78 Å². The van der Waals surface area contributed by atoms with Crippen molar-refractivity contribution in [3.63, 3.8) is 0 Å². The molecule has 0 unspecified atom stereocenters. The lowest BCUT2D eigenvalue weighted by atomic mass is 9.86. The molecule has 0 fully saturated rings. The number of carbonyl (C=O) groups is 1. The zero-order chi connectivity index (χ0) is 14.9. The van der Waals surface area contributed by atoms with E-state index in [9.17, 15) is 4.79 Å². The first-order valence-corrected chi connectivity index (χ1v) is 7.50. The van der Waals surface area contributed by atoms with Crippen molar-refractivity contribution < 1.29 is 4.79 Å². The molecule has 2 rings (SSSR count). The molecule has 0 saturated carbocycles. The molecule has 0 amide bonds. The van der Waals surface area contributed by atoms with Crippen LogP contribution in [0.3, 0.4) is 0 Å². The van der Waals surface area contributed by atoms with Crippen LogP contribution in [0.4, 0.5) is 0 Å². The van der Waals surface area contributed by atoms with Crippen LogP contribution in [0, 0.1) is 6.92 Å². The third-order valence-corrected chi connectivity index (χ3v) is 4.30. The van der Waals surface area contributed by atoms with E-state index in [1.807, 2.05) is 49.4 Å². The molecule has 0 bridgehead atoms. The van der Waals surface area contributed by atoms with E-state index >= 15 is 0 Å². The summed E-state index contributed by atoms with van der Waals surface area (Å²) in [6.07, 6.45) is 0. The van der Waals surface area contributed by atoms with Crippen molar-refractivity contribution in [1.29, 1.82) is 0 Å². The highest BCUT2D eigenvalue weighted by molar-refractivity contribution is 9.10. The molecular weight excluding hydrogens is 312 g/mol. The fourth-order valence-corrected chi connectivity index (χ4v) is 2.40. The van der Waals surface area contributed by atoms with E-state index in [0.29, 0.717) is 5.56 Å². The van der Waals surface area contributed by atoms with Gasteiger partial charge in [-0.15, -0.1) is 0 Å². The van der Waals surface area contributed by atoms with Crippen LogP contribution in [0.2, 0.25) is 0 Å². The summed E-state index contributed by atoms with van der Waals surface area (Å²) in [7, 11) is 0. The highest BCUT2D eigenvalue weighted by atomic mass is 79.9. The molecule has 0 heterocycles. The normalized spacial score (nSPS) is 11.4. The second-order valence-electron chi connectivity index (χ2n) is 6.12. The molecule has 0 radical (unpaired) electrons. The van der Waals surface area contributed by atoms with E-state index in [2.05, 4.69) is 36.7 Å². The molecule has 0 aliphatic rings. The van der Waals surface area contributed by atoms with Gasteiger partial charge in [-0.25, -0.2) is 0 Å². The fourth-order valence-electron chi connectivity index (χ4n) is 2.02. The van der Waals surface area contributed by atoms with Crippen LogP contribution >= 0.6 is 15.9 Å². The molecule has 0 aliphatic heterocycles. The zero-order valence-electron chi connectivity index (χ0n) is 12.3. The van der Waals surface area contributed by atoms with Crippen LogP contribution in [0.25, 0.3) is 0 Å². The first-order valence-electron chi connectivity index (χ1n) is 6.70. The number of halogens is 1. The maximum atomic E-state index is 12.4. The minimum atomic E-state index is 0.0613. The van der Waals surface area contributed by atoms with Crippen molar-refractivity contribution in [3.05, 3.63) is 69.2 Å². The number of rotatable bonds is 2. The van der Waals surface area contributed by atoms with Gasteiger partial charge in [0.25, 0.3) is 0 Å². The summed E-state index contributed by atoms with van der Waals surface area (Å²) in [6, 6.07) is 13.6. The molecular formula is C18H19BrO. The molecule has 2 aromatic carbocycles. The summed E-state index contributed by atoms with van der Waals surface area (Å²) in [5.41, 5.74) is 3.91. The average Bonchev–Trinajstić information content (AvgIpc) is 2.40. The SMILES string of the molecule is Cc1ccc(C(=O)c2ccc(C(C)(C)C)cc2)cc1Br. The number of benzene rings is 2. The quantitative estimate of drug-likeness (QED) is 0.684. The Kier molecular flexibility index (Phi) is 4.14. The standard InChI is InChI=1S/C18H19BrO/c1-12-5-6-14(11-16(12)19)17(20)13-7-9-15(10-8-13)18(2,3)4/h5-11H,1-4H3. The van der Waals surface area contributed by atoms with Gasteiger partial charge in [-0.2, -0.15) is 0 Å². The second kappa shape index (κ2) is 5.53. The number of carbonyl (C=O) groups excluding carboxylic acids is 1. The molecule has 0 aliphatic carbocycles. The smallest absolute Gasteiger partial charge is 0.193 e. The molecule has 2 heteroatoms. The molecule has 0 saturated heterocycles. The van der Waals surface area contributed by atoms with E-state index in [-0.39, 0.29) is 11.2 Å². The molecule has 0 atom stereocenters. The van der Waals surface area contributed by atoms with Crippen LogP contribution in [0.15, 0.2) is 46.9 Å². The Labute approximate surface area is 129 Å². The van der Waals surface area contributed by atoms with Gasteiger partial charge in [-0.05, 0) is 29.5 Å². The topological polar surface area (TPSA) is 17.1 Å². The zero-order valence-corrected chi connectivity index (χ0v) is 13.9. The largest absolute Gasteiger partial charge is 0.289 e. The number of aryl methyl sites for hydroxylation is 1. The lowest BCUT2D eigenvalue weighted by Crippen LogP contribution is -2.11. The van der Waals surface area contributed by atoms with Crippen molar-refractivity contribution in [2.45, 2.75) is 33.1 Å². The maximum absolute atomic E-state index is 12.4. The van der Waals surface area contributed by atoms with Gasteiger partial charge in [0, 0.05) is 15.6 Å². The van der Waals surface area contributed by atoms with E-state index in [4.69, 9.17) is 0 Å². The summed E-state index contributed by atoms with van der Waals surface area (Å²) in [5, 5.41) is 0. The molecule has 104 valence electrons. The number of hydrogen-bond acceptors (Lipinski definition) is 1. The fraction of sp³-hybridized carbons (Fsp3) is 0.278. The Morgan fingerprint density at radius 2 is 1.50 bits per heavy atom. The third-order valence-electron chi connectivity index (χ3n) is 3.45. The van der Waals surface area contributed by atoms with Crippen LogP contribution < -0.4 is 0 Å². The van der Waals surface area contributed by atoms with Gasteiger partial charge < -0.3 is 0 Å². The van der Waals surface area contributed by atoms with Crippen molar-refractivity contribution in [1.82, 2.24) is 0 Å². The predicted molar refractivity (Wildman–Crippen MR) is 87.5 cm³/mol. The Balaban J connectivity index is 2.31. The van der Waals surface area contributed by atoms with Crippen LogP contribution in [-0.2, 0) is 5.41 Å². The summed E-state index contributed by atoms with van der Waals surface area (Å²) in [6.45, 7) is 8.51. The summed E-state index contributed by atoms with van der Waals surface area (Å²) < 4.78 is 0.967. The van der Waals surface area contributed by atoms with E-state index < -0.39 is 0 Å². The number of hydrogen-bond donors (Lipinski definition) is 0. The van der Waals surface area contributed by atoms with Gasteiger partial charge in [0.2, 0.25) is 0 Å². The lowest BCUT2D eigenvalue weighted by Gasteiger charge is -2.19. The first-order chi connectivity index (χ1) is 9.29. The van der Waals surface area contributed by atoms with Gasteiger partial charge in [0.1, 0.15) is 0 Å². The summed E-state index contributed by atoms with van der Waals surface area (Å²) in [4.78, 5) is 12.4. The van der Waals surface area contributed by atoms with E-state index in [0.717, 1.165) is 15.6 Å². The Hall–Kier alpha value is -1.41. The monoisotopic (exact) mass is 330 g/mol. The van der Waals surface area contributed by atoms with E-state index in [1.54, 1.807) is 0 Å². The Morgan fingerprint density at radius 1 is 0.950 bits per heavy atom. The lowest BCUT2D eigenvalue weighted by molar-refractivity contribution is 0.103. The second-order valence-corrected chi connectivity index (χ2v) is 6.97.